The van der Waals surface area contributed by atoms with Crippen molar-refractivity contribution in [2.24, 2.45) is 34.5 Å². The van der Waals surface area contributed by atoms with Crippen molar-refractivity contribution in [2.75, 3.05) is 0 Å². The van der Waals surface area contributed by atoms with Gasteiger partial charge in [0, 0.05) is 0 Å². The van der Waals surface area contributed by atoms with Gasteiger partial charge in [-0.1, -0.05) is 41.5 Å². The molecule has 2 saturated carbocycles. The molecule has 0 N–H and O–H groups in total. The summed E-state index contributed by atoms with van der Waals surface area (Å²) >= 11 is 0. The molecule has 76 valence electrons. The van der Waals surface area contributed by atoms with Gasteiger partial charge in [-0.3, -0.25) is 0 Å². The largest absolute Gasteiger partial charge is 0.0625 e. The molecule has 0 saturated heterocycles. The molecular formula is C13H24. The monoisotopic (exact) mass is 180 g/mol. The average molecular weight is 180 g/mol. The summed E-state index contributed by atoms with van der Waals surface area (Å²) in [7, 11) is 0. The van der Waals surface area contributed by atoms with E-state index in [4.69, 9.17) is 0 Å². The summed E-state index contributed by atoms with van der Waals surface area (Å²) in [6.45, 7) is 14.7. The van der Waals surface area contributed by atoms with Crippen LogP contribution in [0.25, 0.3) is 0 Å². The molecule has 4 unspecified atom stereocenters. The molecule has 2 rings (SSSR count). The van der Waals surface area contributed by atoms with Crippen molar-refractivity contribution in [3.8, 4) is 0 Å². The zero-order valence-corrected chi connectivity index (χ0v) is 10.0. The van der Waals surface area contributed by atoms with Gasteiger partial charge in [0.1, 0.15) is 0 Å². The van der Waals surface area contributed by atoms with Gasteiger partial charge in [-0.15, -0.1) is 0 Å². The molecule has 0 aliphatic heterocycles. The van der Waals surface area contributed by atoms with E-state index in [1.54, 1.807) is 0 Å². The highest BCUT2D eigenvalue weighted by Gasteiger charge is 2.73. The van der Waals surface area contributed by atoms with Crippen LogP contribution in [0.15, 0.2) is 0 Å². The van der Waals surface area contributed by atoms with Crippen LogP contribution in [0.1, 0.15) is 48.0 Å². The van der Waals surface area contributed by atoms with Gasteiger partial charge in [0.2, 0.25) is 0 Å². The Kier molecular flexibility index (Phi) is 1.71. The van der Waals surface area contributed by atoms with Crippen LogP contribution >= 0.6 is 0 Å². The Morgan fingerprint density at radius 1 is 1.15 bits per heavy atom. The summed E-state index contributed by atoms with van der Waals surface area (Å²) < 4.78 is 0. The molecule has 0 aromatic rings. The summed E-state index contributed by atoms with van der Waals surface area (Å²) in [5.41, 5.74) is 1.31. The molecule has 2 fully saturated rings. The van der Waals surface area contributed by atoms with Crippen LogP contribution in [-0.2, 0) is 0 Å². The first kappa shape index (κ1) is 9.55. The van der Waals surface area contributed by atoms with Crippen LogP contribution < -0.4 is 0 Å². The molecule has 0 radical (unpaired) electrons. The fourth-order valence-corrected chi connectivity index (χ4v) is 4.77. The van der Waals surface area contributed by atoms with Crippen LogP contribution in [0.5, 0.6) is 0 Å². The number of hydrogen-bond donors (Lipinski definition) is 0. The van der Waals surface area contributed by atoms with E-state index in [1.165, 1.54) is 6.42 Å². The SMILES string of the molecule is CC(C)C1C2C(C)(C)CC(C)C12C. The molecular weight excluding hydrogens is 156 g/mol. The lowest BCUT2D eigenvalue weighted by Gasteiger charge is -2.26. The van der Waals surface area contributed by atoms with Gasteiger partial charge in [-0.2, -0.15) is 0 Å². The molecule has 2 aliphatic carbocycles. The Labute approximate surface area is 83.1 Å². The summed E-state index contributed by atoms with van der Waals surface area (Å²) in [5.74, 6) is 3.85. The van der Waals surface area contributed by atoms with Gasteiger partial charge in [0.15, 0.2) is 0 Å². The predicted molar refractivity (Wildman–Crippen MR) is 57.5 cm³/mol. The summed E-state index contributed by atoms with van der Waals surface area (Å²) in [6.07, 6.45) is 1.44. The second-order valence-electron chi connectivity index (χ2n) is 6.71. The van der Waals surface area contributed by atoms with Crippen molar-refractivity contribution < 1.29 is 0 Å². The lowest BCUT2D eigenvalue weighted by molar-refractivity contribution is 0.234. The van der Waals surface area contributed by atoms with E-state index in [0.29, 0.717) is 10.8 Å². The molecule has 0 bridgehead atoms. The van der Waals surface area contributed by atoms with Crippen LogP contribution in [0.4, 0.5) is 0 Å². The van der Waals surface area contributed by atoms with E-state index in [9.17, 15) is 0 Å². The lowest BCUT2D eigenvalue weighted by atomic mass is 9.79. The molecule has 0 spiro atoms. The summed E-state index contributed by atoms with van der Waals surface area (Å²) in [6, 6.07) is 0. The van der Waals surface area contributed by atoms with Gasteiger partial charge in [-0.25, -0.2) is 0 Å². The second kappa shape index (κ2) is 2.32. The lowest BCUT2D eigenvalue weighted by Crippen LogP contribution is -2.18. The van der Waals surface area contributed by atoms with Gasteiger partial charge in [0.05, 0.1) is 0 Å². The second-order valence-corrected chi connectivity index (χ2v) is 6.71. The number of fused-ring (bicyclic) bond motifs is 1. The Hall–Kier alpha value is 0. The first-order valence-corrected chi connectivity index (χ1v) is 5.82. The molecule has 4 atom stereocenters. The standard InChI is InChI=1S/C13H24/c1-8(2)10-11-12(4,5)7-9(3)13(10,11)6/h8-11H,7H2,1-6H3. The predicted octanol–water partition coefficient (Wildman–Crippen LogP) is 3.96. The maximum absolute atomic E-state index is 2.53. The molecule has 0 heteroatoms. The van der Waals surface area contributed by atoms with E-state index >= 15 is 0 Å². The number of hydrogen-bond acceptors (Lipinski definition) is 0. The Morgan fingerprint density at radius 3 is 1.92 bits per heavy atom. The van der Waals surface area contributed by atoms with Crippen molar-refractivity contribution in [1.29, 1.82) is 0 Å². The Morgan fingerprint density at radius 2 is 1.69 bits per heavy atom. The molecule has 0 nitrogen and oxygen atoms in total. The average Bonchev–Trinajstić information content (AvgIpc) is 2.52. The van der Waals surface area contributed by atoms with Gasteiger partial charge < -0.3 is 0 Å². The topological polar surface area (TPSA) is 0 Å². The van der Waals surface area contributed by atoms with E-state index in [2.05, 4.69) is 41.5 Å². The molecule has 13 heavy (non-hydrogen) atoms. The van der Waals surface area contributed by atoms with Crippen LogP contribution in [-0.4, -0.2) is 0 Å². The van der Waals surface area contributed by atoms with Crippen molar-refractivity contribution in [2.45, 2.75) is 48.0 Å². The van der Waals surface area contributed by atoms with E-state index in [1.807, 2.05) is 0 Å². The Bertz CT molecular complexity index is 226. The number of rotatable bonds is 1. The maximum atomic E-state index is 2.53. The third-order valence-corrected chi connectivity index (χ3v) is 5.09. The minimum absolute atomic E-state index is 0.614. The molecule has 0 heterocycles. The van der Waals surface area contributed by atoms with Crippen LogP contribution in [0.3, 0.4) is 0 Å². The van der Waals surface area contributed by atoms with Gasteiger partial charge in [-0.05, 0) is 40.9 Å². The highest BCUT2D eigenvalue weighted by molar-refractivity contribution is 5.20. The van der Waals surface area contributed by atoms with E-state index < -0.39 is 0 Å². The molecule has 0 aromatic carbocycles. The maximum Gasteiger partial charge on any atom is -0.0230 e. The van der Waals surface area contributed by atoms with Crippen molar-refractivity contribution >= 4 is 0 Å². The zero-order valence-electron chi connectivity index (χ0n) is 10.0. The minimum atomic E-state index is 0.614. The Balaban J connectivity index is 2.26. The quantitative estimate of drug-likeness (QED) is 0.573. The summed E-state index contributed by atoms with van der Waals surface area (Å²) in [4.78, 5) is 0. The van der Waals surface area contributed by atoms with Crippen molar-refractivity contribution in [3.63, 3.8) is 0 Å². The van der Waals surface area contributed by atoms with Crippen molar-refractivity contribution in [1.82, 2.24) is 0 Å². The van der Waals surface area contributed by atoms with Crippen molar-refractivity contribution in [3.05, 3.63) is 0 Å². The van der Waals surface area contributed by atoms with Gasteiger partial charge in [0.25, 0.3) is 0 Å². The normalized spacial score (nSPS) is 52.4. The highest BCUT2D eigenvalue weighted by Crippen LogP contribution is 2.78. The van der Waals surface area contributed by atoms with E-state index in [0.717, 1.165) is 23.7 Å². The zero-order chi connectivity index (χ0) is 10.0. The van der Waals surface area contributed by atoms with Gasteiger partial charge >= 0.3 is 0 Å². The van der Waals surface area contributed by atoms with E-state index in [-0.39, 0.29) is 0 Å². The summed E-state index contributed by atoms with van der Waals surface area (Å²) in [5, 5.41) is 0. The molecule has 2 aliphatic rings. The van der Waals surface area contributed by atoms with Crippen LogP contribution in [0, 0.1) is 34.5 Å². The molecule has 0 amide bonds. The highest BCUT2D eigenvalue weighted by atomic mass is 14.8. The first-order chi connectivity index (χ1) is 5.82. The fraction of sp³-hybridized carbons (Fsp3) is 1.00. The molecule has 0 aromatic heterocycles. The third-order valence-electron chi connectivity index (χ3n) is 5.09. The first-order valence-electron chi connectivity index (χ1n) is 5.82. The minimum Gasteiger partial charge on any atom is -0.0625 e. The van der Waals surface area contributed by atoms with Crippen LogP contribution in [0.2, 0.25) is 0 Å². The third kappa shape index (κ3) is 0.980. The fourth-order valence-electron chi connectivity index (χ4n) is 4.77. The smallest absolute Gasteiger partial charge is 0.0230 e.